The first-order valence-electron chi connectivity index (χ1n) is 4.91. The second-order valence-electron chi connectivity index (χ2n) is 3.55. The van der Waals surface area contributed by atoms with Crippen LogP contribution in [0.3, 0.4) is 0 Å². The second-order valence-corrected chi connectivity index (χ2v) is 3.55. The molecule has 17 heavy (non-hydrogen) atoms. The number of halogens is 1. The number of rotatable bonds is 2. The van der Waals surface area contributed by atoms with Gasteiger partial charge in [-0.1, -0.05) is 12.1 Å². The second kappa shape index (κ2) is 4.25. The van der Waals surface area contributed by atoms with Crippen LogP contribution in [0.1, 0.15) is 5.56 Å². The van der Waals surface area contributed by atoms with Gasteiger partial charge in [-0.15, -0.1) is 0 Å². The fourth-order valence-electron chi connectivity index (χ4n) is 1.47. The van der Waals surface area contributed by atoms with Crippen molar-refractivity contribution in [2.75, 3.05) is 5.73 Å². The summed E-state index contributed by atoms with van der Waals surface area (Å²) in [6.45, 7) is -0.0637. The molecule has 2 rings (SSSR count). The van der Waals surface area contributed by atoms with Crippen molar-refractivity contribution < 1.29 is 4.39 Å². The Morgan fingerprint density at radius 2 is 2.00 bits per heavy atom. The van der Waals surface area contributed by atoms with E-state index in [9.17, 15) is 14.0 Å². The maximum absolute atomic E-state index is 13.6. The monoisotopic (exact) mass is 235 g/mol. The van der Waals surface area contributed by atoms with Crippen LogP contribution in [0, 0.1) is 5.82 Å². The largest absolute Gasteiger partial charge is 0.396 e. The van der Waals surface area contributed by atoms with E-state index in [1.54, 1.807) is 6.07 Å². The SMILES string of the molecule is Nc1cccc(Cn2[nH]c(=O)ccc2=O)c1F. The zero-order valence-corrected chi connectivity index (χ0v) is 8.81. The summed E-state index contributed by atoms with van der Waals surface area (Å²) in [6.07, 6.45) is 0. The van der Waals surface area contributed by atoms with Gasteiger partial charge in [0.05, 0.1) is 12.2 Å². The van der Waals surface area contributed by atoms with Crippen LogP contribution < -0.4 is 16.9 Å². The fourth-order valence-corrected chi connectivity index (χ4v) is 1.47. The zero-order valence-electron chi connectivity index (χ0n) is 8.81. The Kier molecular flexibility index (Phi) is 2.78. The fraction of sp³-hybridized carbons (Fsp3) is 0.0909. The van der Waals surface area contributed by atoms with Crippen LogP contribution in [0.25, 0.3) is 0 Å². The van der Waals surface area contributed by atoms with Gasteiger partial charge in [0.2, 0.25) is 0 Å². The van der Waals surface area contributed by atoms with E-state index in [0.29, 0.717) is 0 Å². The number of nitrogens with zero attached hydrogens (tertiary/aromatic N) is 1. The smallest absolute Gasteiger partial charge is 0.265 e. The highest BCUT2D eigenvalue weighted by Crippen LogP contribution is 2.14. The first-order chi connectivity index (χ1) is 8.08. The van der Waals surface area contributed by atoms with Crippen molar-refractivity contribution in [2.45, 2.75) is 6.54 Å². The number of hydrogen-bond donors (Lipinski definition) is 2. The van der Waals surface area contributed by atoms with Crippen LogP contribution in [0.2, 0.25) is 0 Å². The minimum atomic E-state index is -0.580. The van der Waals surface area contributed by atoms with E-state index in [2.05, 4.69) is 5.10 Å². The average molecular weight is 235 g/mol. The summed E-state index contributed by atoms with van der Waals surface area (Å²) < 4.78 is 14.6. The quantitative estimate of drug-likeness (QED) is 0.735. The lowest BCUT2D eigenvalue weighted by atomic mass is 10.2. The number of aromatic nitrogens is 2. The summed E-state index contributed by atoms with van der Waals surface area (Å²) in [5.74, 6) is -0.580. The zero-order chi connectivity index (χ0) is 12.4. The summed E-state index contributed by atoms with van der Waals surface area (Å²) in [7, 11) is 0. The predicted molar refractivity (Wildman–Crippen MR) is 61.2 cm³/mol. The van der Waals surface area contributed by atoms with E-state index >= 15 is 0 Å². The summed E-state index contributed by atoms with van der Waals surface area (Å²) in [5, 5.41) is 2.31. The highest BCUT2D eigenvalue weighted by Gasteiger charge is 2.07. The molecule has 6 heteroatoms. The maximum Gasteiger partial charge on any atom is 0.265 e. The molecule has 5 nitrogen and oxygen atoms in total. The molecule has 0 aliphatic heterocycles. The van der Waals surface area contributed by atoms with Gasteiger partial charge in [-0.2, -0.15) is 0 Å². The highest BCUT2D eigenvalue weighted by atomic mass is 19.1. The van der Waals surface area contributed by atoms with Crippen LogP contribution >= 0.6 is 0 Å². The van der Waals surface area contributed by atoms with Crippen LogP contribution in [0.15, 0.2) is 39.9 Å². The van der Waals surface area contributed by atoms with Crippen LogP contribution in [-0.2, 0) is 6.54 Å². The van der Waals surface area contributed by atoms with Gasteiger partial charge in [0.1, 0.15) is 0 Å². The summed E-state index contributed by atoms with van der Waals surface area (Å²) in [4.78, 5) is 22.5. The van der Waals surface area contributed by atoms with Gasteiger partial charge >= 0.3 is 0 Å². The molecule has 0 spiro atoms. The molecule has 2 aromatic rings. The number of nitrogens with two attached hydrogens (primary N) is 1. The number of benzene rings is 1. The van der Waals surface area contributed by atoms with Gasteiger partial charge in [0, 0.05) is 17.7 Å². The van der Waals surface area contributed by atoms with Crippen molar-refractivity contribution in [3.63, 3.8) is 0 Å². The lowest BCUT2D eigenvalue weighted by Gasteiger charge is -2.07. The van der Waals surface area contributed by atoms with Gasteiger partial charge in [-0.25, -0.2) is 9.07 Å². The van der Waals surface area contributed by atoms with Crippen molar-refractivity contribution in [2.24, 2.45) is 0 Å². The van der Waals surface area contributed by atoms with E-state index in [1.165, 1.54) is 12.1 Å². The van der Waals surface area contributed by atoms with Gasteiger partial charge in [0.15, 0.2) is 5.82 Å². The average Bonchev–Trinajstić information content (AvgIpc) is 2.30. The van der Waals surface area contributed by atoms with Crippen molar-refractivity contribution in [1.82, 2.24) is 9.78 Å². The Labute approximate surface area is 95.3 Å². The first-order valence-corrected chi connectivity index (χ1v) is 4.91. The Balaban J connectivity index is 2.45. The Bertz CT molecular complexity index is 660. The van der Waals surface area contributed by atoms with E-state index in [4.69, 9.17) is 5.73 Å². The molecular weight excluding hydrogens is 225 g/mol. The van der Waals surface area contributed by atoms with E-state index in [0.717, 1.165) is 16.8 Å². The molecule has 88 valence electrons. The number of H-pyrrole nitrogens is 1. The molecule has 0 saturated heterocycles. The number of nitrogen functional groups attached to an aromatic ring is 1. The molecule has 1 aromatic carbocycles. The van der Waals surface area contributed by atoms with E-state index in [1.807, 2.05) is 0 Å². The molecule has 0 aliphatic rings. The molecule has 0 unspecified atom stereocenters. The van der Waals surface area contributed by atoms with Crippen LogP contribution in [0.4, 0.5) is 10.1 Å². The Morgan fingerprint density at radius 1 is 1.24 bits per heavy atom. The Hall–Kier alpha value is -2.37. The van der Waals surface area contributed by atoms with Crippen molar-refractivity contribution in [3.8, 4) is 0 Å². The molecule has 0 fully saturated rings. The third-order valence-corrected chi connectivity index (χ3v) is 2.33. The van der Waals surface area contributed by atoms with Crippen molar-refractivity contribution >= 4 is 5.69 Å². The normalized spacial score (nSPS) is 10.4. The number of nitrogens with one attached hydrogen (secondary N) is 1. The molecule has 0 bridgehead atoms. The molecular formula is C11H10FN3O2. The third-order valence-electron chi connectivity index (χ3n) is 2.33. The highest BCUT2D eigenvalue weighted by molar-refractivity contribution is 5.42. The minimum absolute atomic E-state index is 0.00817. The standard InChI is InChI=1S/C11H10FN3O2/c12-11-7(2-1-3-8(11)13)6-15-10(17)5-4-9(16)14-15/h1-5H,6,13H2,(H,14,16). The van der Waals surface area contributed by atoms with Crippen LogP contribution in [0.5, 0.6) is 0 Å². The molecule has 0 saturated carbocycles. The maximum atomic E-state index is 13.6. The summed E-state index contributed by atoms with van der Waals surface area (Å²) >= 11 is 0. The van der Waals surface area contributed by atoms with Crippen LogP contribution in [-0.4, -0.2) is 9.78 Å². The molecule has 0 amide bonds. The number of anilines is 1. The molecule has 0 aliphatic carbocycles. The minimum Gasteiger partial charge on any atom is -0.396 e. The Morgan fingerprint density at radius 3 is 2.76 bits per heavy atom. The number of hydrogen-bond acceptors (Lipinski definition) is 3. The molecule has 3 N–H and O–H groups in total. The van der Waals surface area contributed by atoms with Gasteiger partial charge in [-0.05, 0) is 6.07 Å². The lowest BCUT2D eigenvalue weighted by molar-refractivity contribution is 0.571. The summed E-state index contributed by atoms with van der Waals surface area (Å²) in [5.41, 5.74) is 4.83. The number of aromatic amines is 1. The van der Waals surface area contributed by atoms with Crippen molar-refractivity contribution in [1.29, 1.82) is 0 Å². The topological polar surface area (TPSA) is 80.9 Å². The molecule has 0 atom stereocenters. The van der Waals surface area contributed by atoms with Gasteiger partial charge < -0.3 is 5.73 Å². The molecule has 1 aromatic heterocycles. The summed E-state index contributed by atoms with van der Waals surface area (Å²) in [6, 6.07) is 6.76. The van der Waals surface area contributed by atoms with E-state index in [-0.39, 0.29) is 17.8 Å². The van der Waals surface area contributed by atoms with E-state index < -0.39 is 16.9 Å². The first kappa shape index (κ1) is 11.1. The van der Waals surface area contributed by atoms with Crippen molar-refractivity contribution in [3.05, 3.63) is 62.4 Å². The lowest BCUT2D eigenvalue weighted by Crippen LogP contribution is -2.28. The van der Waals surface area contributed by atoms with Gasteiger partial charge in [-0.3, -0.25) is 14.7 Å². The predicted octanol–water partition coefficient (Wildman–Crippen LogP) is 0.306. The third kappa shape index (κ3) is 2.25. The molecule has 1 heterocycles. The molecule has 0 radical (unpaired) electrons. The van der Waals surface area contributed by atoms with Gasteiger partial charge in [0.25, 0.3) is 11.1 Å².